The SMILES string of the molecule is CC(=O)N1CCN(C(=O)CN2[C@H](C(=O)O)C[C@H]3CCCC[C@@H]32)CC1. The van der Waals surface area contributed by atoms with Crippen LogP contribution in [0.5, 0.6) is 0 Å². The monoisotopic (exact) mass is 337 g/mol. The first-order chi connectivity index (χ1) is 11.5. The summed E-state index contributed by atoms with van der Waals surface area (Å²) in [6.07, 6.45) is 5.04. The molecule has 1 N–H and O–H groups in total. The number of carboxylic acids is 1. The lowest BCUT2D eigenvalue weighted by atomic mass is 9.85. The van der Waals surface area contributed by atoms with Crippen molar-refractivity contribution in [3.8, 4) is 0 Å². The van der Waals surface area contributed by atoms with Crippen LogP contribution >= 0.6 is 0 Å². The molecule has 2 heterocycles. The van der Waals surface area contributed by atoms with E-state index >= 15 is 0 Å². The van der Waals surface area contributed by atoms with Gasteiger partial charge in [-0.1, -0.05) is 12.8 Å². The van der Waals surface area contributed by atoms with Crippen molar-refractivity contribution < 1.29 is 19.5 Å². The summed E-state index contributed by atoms with van der Waals surface area (Å²) in [5.74, 6) is -0.353. The second kappa shape index (κ2) is 7.09. The van der Waals surface area contributed by atoms with Crippen molar-refractivity contribution in [3.05, 3.63) is 0 Å². The minimum atomic E-state index is -0.807. The molecule has 2 saturated heterocycles. The number of nitrogens with zero attached hydrogens (tertiary/aromatic N) is 3. The van der Waals surface area contributed by atoms with E-state index in [1.807, 2.05) is 4.90 Å². The Morgan fingerprint density at radius 2 is 1.62 bits per heavy atom. The fraction of sp³-hybridized carbons (Fsp3) is 0.824. The predicted octanol–water partition coefficient (Wildman–Crippen LogP) is 0.395. The zero-order valence-electron chi connectivity index (χ0n) is 14.3. The zero-order chi connectivity index (χ0) is 17.3. The van der Waals surface area contributed by atoms with E-state index in [2.05, 4.69) is 0 Å². The molecule has 134 valence electrons. The van der Waals surface area contributed by atoms with Crippen molar-refractivity contribution in [2.45, 2.75) is 51.1 Å². The number of fused-ring (bicyclic) bond motifs is 1. The maximum Gasteiger partial charge on any atom is 0.320 e. The van der Waals surface area contributed by atoms with Crippen LogP contribution in [0.3, 0.4) is 0 Å². The lowest BCUT2D eigenvalue weighted by Crippen LogP contribution is -2.54. The average Bonchev–Trinajstić information content (AvgIpc) is 2.94. The number of carbonyl (C=O) groups is 3. The first kappa shape index (κ1) is 17.2. The minimum absolute atomic E-state index is 0.00400. The Morgan fingerprint density at radius 3 is 2.25 bits per heavy atom. The number of hydrogen-bond acceptors (Lipinski definition) is 4. The highest BCUT2D eigenvalue weighted by atomic mass is 16.4. The molecule has 24 heavy (non-hydrogen) atoms. The smallest absolute Gasteiger partial charge is 0.320 e. The lowest BCUT2D eigenvalue weighted by Gasteiger charge is -2.37. The van der Waals surface area contributed by atoms with Crippen molar-refractivity contribution in [2.24, 2.45) is 5.92 Å². The highest BCUT2D eigenvalue weighted by Crippen LogP contribution is 2.39. The Morgan fingerprint density at radius 1 is 1.00 bits per heavy atom. The molecule has 7 nitrogen and oxygen atoms in total. The molecule has 0 aromatic carbocycles. The van der Waals surface area contributed by atoms with E-state index < -0.39 is 12.0 Å². The summed E-state index contributed by atoms with van der Waals surface area (Å²) >= 11 is 0. The third-order valence-corrected chi connectivity index (χ3v) is 5.90. The summed E-state index contributed by atoms with van der Waals surface area (Å²) in [6.45, 7) is 3.95. The number of rotatable bonds is 3. The van der Waals surface area contributed by atoms with Gasteiger partial charge in [0.1, 0.15) is 6.04 Å². The molecule has 0 aromatic heterocycles. The van der Waals surface area contributed by atoms with Gasteiger partial charge in [-0.25, -0.2) is 0 Å². The molecule has 0 spiro atoms. The Labute approximate surface area is 142 Å². The molecular formula is C17H27N3O4. The molecule has 1 saturated carbocycles. The molecule has 3 atom stereocenters. The third-order valence-electron chi connectivity index (χ3n) is 5.90. The Balaban J connectivity index is 1.62. The molecule has 0 radical (unpaired) electrons. The van der Waals surface area contributed by atoms with Crippen LogP contribution in [0.15, 0.2) is 0 Å². The number of aliphatic carboxylic acids is 1. The topological polar surface area (TPSA) is 81.2 Å². The third kappa shape index (κ3) is 3.41. The van der Waals surface area contributed by atoms with Gasteiger partial charge < -0.3 is 14.9 Å². The van der Waals surface area contributed by atoms with Crippen LogP contribution in [0.2, 0.25) is 0 Å². The van der Waals surface area contributed by atoms with Crippen LogP contribution in [0.1, 0.15) is 39.0 Å². The normalized spacial score (nSPS) is 31.0. The van der Waals surface area contributed by atoms with Gasteiger partial charge in [-0.05, 0) is 25.2 Å². The number of piperazine rings is 1. The van der Waals surface area contributed by atoms with Gasteiger partial charge >= 0.3 is 5.97 Å². The summed E-state index contributed by atoms with van der Waals surface area (Å²) in [5, 5.41) is 9.54. The molecule has 7 heteroatoms. The summed E-state index contributed by atoms with van der Waals surface area (Å²) in [4.78, 5) is 41.1. The van der Waals surface area contributed by atoms with Crippen LogP contribution in [0.4, 0.5) is 0 Å². The molecular weight excluding hydrogens is 310 g/mol. The Bertz CT molecular complexity index is 516. The molecule has 3 aliphatic rings. The highest BCUT2D eigenvalue weighted by molar-refractivity contribution is 5.81. The second-order valence-electron chi connectivity index (χ2n) is 7.26. The Kier molecular flexibility index (Phi) is 5.08. The minimum Gasteiger partial charge on any atom is -0.480 e. The largest absolute Gasteiger partial charge is 0.480 e. The quantitative estimate of drug-likeness (QED) is 0.806. The molecule has 3 rings (SSSR count). The van der Waals surface area contributed by atoms with Crippen LogP contribution in [-0.4, -0.2) is 82.4 Å². The summed E-state index contributed by atoms with van der Waals surface area (Å²) < 4.78 is 0. The summed E-state index contributed by atoms with van der Waals surface area (Å²) in [6, 6.07) is -0.289. The number of likely N-dealkylation sites (tertiary alicyclic amines) is 1. The van der Waals surface area contributed by atoms with Crippen LogP contribution < -0.4 is 0 Å². The van der Waals surface area contributed by atoms with E-state index in [-0.39, 0.29) is 24.4 Å². The average molecular weight is 337 g/mol. The standard InChI is InChI=1S/C17H27N3O4/c1-12(21)18-6-8-19(9-7-18)16(22)11-20-14-5-3-2-4-13(14)10-15(20)17(23)24/h13-15H,2-11H2,1H3,(H,23,24)/t13-,14+,15+/m1/s1. The van der Waals surface area contributed by atoms with Crippen molar-refractivity contribution in [1.29, 1.82) is 0 Å². The zero-order valence-corrected chi connectivity index (χ0v) is 14.3. The number of hydrogen-bond donors (Lipinski definition) is 1. The Hall–Kier alpha value is -1.63. The van der Waals surface area contributed by atoms with E-state index in [4.69, 9.17) is 0 Å². The van der Waals surface area contributed by atoms with Crippen LogP contribution in [0, 0.1) is 5.92 Å². The van der Waals surface area contributed by atoms with Gasteiger partial charge in [-0.2, -0.15) is 0 Å². The van der Waals surface area contributed by atoms with Gasteiger partial charge in [-0.3, -0.25) is 19.3 Å². The van der Waals surface area contributed by atoms with E-state index in [1.54, 1.807) is 16.7 Å². The van der Waals surface area contributed by atoms with E-state index in [0.29, 0.717) is 38.5 Å². The molecule has 0 unspecified atom stereocenters. The van der Waals surface area contributed by atoms with Crippen molar-refractivity contribution >= 4 is 17.8 Å². The lowest BCUT2D eigenvalue weighted by molar-refractivity contribution is -0.145. The predicted molar refractivity (Wildman–Crippen MR) is 87.3 cm³/mol. The first-order valence-electron chi connectivity index (χ1n) is 8.99. The molecule has 2 amide bonds. The van der Waals surface area contributed by atoms with E-state index in [1.165, 1.54) is 6.42 Å². The van der Waals surface area contributed by atoms with Gasteiger partial charge in [0.25, 0.3) is 0 Å². The molecule has 2 aliphatic heterocycles. The van der Waals surface area contributed by atoms with E-state index in [9.17, 15) is 19.5 Å². The van der Waals surface area contributed by atoms with Gasteiger partial charge in [0, 0.05) is 39.1 Å². The van der Waals surface area contributed by atoms with Crippen molar-refractivity contribution in [2.75, 3.05) is 32.7 Å². The second-order valence-corrected chi connectivity index (χ2v) is 7.26. The van der Waals surface area contributed by atoms with Crippen LogP contribution in [-0.2, 0) is 14.4 Å². The van der Waals surface area contributed by atoms with Crippen molar-refractivity contribution in [3.63, 3.8) is 0 Å². The maximum absolute atomic E-state index is 12.7. The summed E-state index contributed by atoms with van der Waals surface area (Å²) in [5.41, 5.74) is 0. The van der Waals surface area contributed by atoms with Gasteiger partial charge in [0.15, 0.2) is 0 Å². The molecule has 1 aliphatic carbocycles. The first-order valence-corrected chi connectivity index (χ1v) is 8.99. The molecule has 0 aromatic rings. The summed E-state index contributed by atoms with van der Waals surface area (Å²) in [7, 11) is 0. The van der Waals surface area contributed by atoms with Gasteiger partial charge in [-0.15, -0.1) is 0 Å². The molecule has 0 bridgehead atoms. The van der Waals surface area contributed by atoms with Crippen LogP contribution in [0.25, 0.3) is 0 Å². The number of carbonyl (C=O) groups excluding carboxylic acids is 2. The number of amides is 2. The van der Waals surface area contributed by atoms with Crippen molar-refractivity contribution in [1.82, 2.24) is 14.7 Å². The molecule has 3 fully saturated rings. The van der Waals surface area contributed by atoms with Gasteiger partial charge in [0.05, 0.1) is 6.54 Å². The number of carboxylic acid groups (broad SMARTS) is 1. The maximum atomic E-state index is 12.7. The van der Waals surface area contributed by atoms with E-state index in [0.717, 1.165) is 19.3 Å². The fourth-order valence-electron chi connectivity index (χ4n) is 4.55. The fourth-order valence-corrected chi connectivity index (χ4v) is 4.55. The van der Waals surface area contributed by atoms with Gasteiger partial charge in [0.2, 0.25) is 11.8 Å². The highest BCUT2D eigenvalue weighted by Gasteiger charge is 2.46.